The SMILES string of the molecule is Cc1occc1-c1nnc(SCC(=O)N(Cc2nnc(-c3ccccc3Cl)o2)C2CC2)n1C. The number of nitrogens with zero attached hydrogens (tertiary/aromatic N) is 6. The molecule has 4 aromatic rings. The highest BCUT2D eigenvalue weighted by Crippen LogP contribution is 2.32. The summed E-state index contributed by atoms with van der Waals surface area (Å²) in [5.74, 6) is 2.42. The van der Waals surface area contributed by atoms with Crippen LogP contribution < -0.4 is 0 Å². The second-order valence-corrected chi connectivity index (χ2v) is 9.13. The van der Waals surface area contributed by atoms with Gasteiger partial charge in [0.05, 0.1) is 34.7 Å². The monoisotopic (exact) mass is 484 g/mol. The lowest BCUT2D eigenvalue weighted by Gasteiger charge is -2.20. The lowest BCUT2D eigenvalue weighted by atomic mass is 10.2. The lowest BCUT2D eigenvalue weighted by molar-refractivity contribution is -0.129. The van der Waals surface area contributed by atoms with Crippen molar-refractivity contribution in [1.82, 2.24) is 29.9 Å². The molecule has 0 unspecified atom stereocenters. The number of furan rings is 1. The van der Waals surface area contributed by atoms with Crippen molar-refractivity contribution in [1.29, 1.82) is 0 Å². The van der Waals surface area contributed by atoms with Crippen LogP contribution in [0.25, 0.3) is 22.8 Å². The first-order chi connectivity index (χ1) is 16.0. The summed E-state index contributed by atoms with van der Waals surface area (Å²) in [7, 11) is 1.88. The number of carbonyl (C=O) groups is 1. The van der Waals surface area contributed by atoms with E-state index in [2.05, 4.69) is 20.4 Å². The van der Waals surface area contributed by atoms with Crippen molar-refractivity contribution in [2.24, 2.45) is 7.05 Å². The van der Waals surface area contributed by atoms with Gasteiger partial charge in [0, 0.05) is 13.1 Å². The third kappa shape index (κ3) is 4.53. The number of benzene rings is 1. The van der Waals surface area contributed by atoms with E-state index in [9.17, 15) is 4.79 Å². The quantitative estimate of drug-likeness (QED) is 0.339. The van der Waals surface area contributed by atoms with Crippen LogP contribution in [-0.4, -0.2) is 47.6 Å². The maximum atomic E-state index is 13.1. The number of carbonyl (C=O) groups excluding carboxylic acids is 1. The van der Waals surface area contributed by atoms with E-state index in [1.54, 1.807) is 17.2 Å². The molecule has 170 valence electrons. The third-order valence-corrected chi connectivity index (χ3v) is 6.78. The average Bonchev–Trinajstić information content (AvgIpc) is 3.21. The van der Waals surface area contributed by atoms with Crippen LogP contribution >= 0.6 is 23.4 Å². The van der Waals surface area contributed by atoms with Gasteiger partial charge in [-0.15, -0.1) is 20.4 Å². The number of aromatic nitrogens is 5. The Bertz CT molecular complexity index is 1290. The molecule has 0 N–H and O–H groups in total. The van der Waals surface area contributed by atoms with E-state index in [4.69, 9.17) is 20.4 Å². The Kier molecular flexibility index (Phi) is 5.94. The van der Waals surface area contributed by atoms with E-state index in [0.717, 1.165) is 24.2 Å². The molecule has 0 spiro atoms. The number of amides is 1. The minimum absolute atomic E-state index is 0.0102. The van der Waals surface area contributed by atoms with E-state index >= 15 is 0 Å². The molecule has 3 aromatic heterocycles. The molecule has 0 aliphatic heterocycles. The zero-order chi connectivity index (χ0) is 22.9. The van der Waals surface area contributed by atoms with Gasteiger partial charge in [-0.1, -0.05) is 35.5 Å². The van der Waals surface area contributed by atoms with Crippen molar-refractivity contribution in [3.63, 3.8) is 0 Å². The van der Waals surface area contributed by atoms with Crippen molar-refractivity contribution in [2.75, 3.05) is 5.75 Å². The van der Waals surface area contributed by atoms with Crippen LogP contribution in [0.3, 0.4) is 0 Å². The molecule has 1 fully saturated rings. The molecule has 0 bridgehead atoms. The second kappa shape index (κ2) is 9.03. The topological polar surface area (TPSA) is 103 Å². The van der Waals surface area contributed by atoms with Gasteiger partial charge in [-0.25, -0.2) is 0 Å². The Balaban J connectivity index is 1.26. The maximum absolute atomic E-state index is 13.1. The molecule has 3 heterocycles. The largest absolute Gasteiger partial charge is 0.469 e. The molecule has 33 heavy (non-hydrogen) atoms. The fraction of sp³-hybridized carbons (Fsp3) is 0.318. The molecule has 1 aliphatic carbocycles. The second-order valence-electron chi connectivity index (χ2n) is 7.78. The first-order valence-electron chi connectivity index (χ1n) is 10.4. The van der Waals surface area contributed by atoms with Gasteiger partial charge in [0.2, 0.25) is 17.7 Å². The standard InChI is InChI=1S/C22H21ClN6O3S/c1-13-15(9-10-31-13)20-25-27-22(28(20)2)33-12-19(30)29(14-7-8-14)11-18-24-26-21(32-18)16-5-3-4-6-17(16)23/h3-6,9-10,14H,7-8,11-12H2,1-2H3. The molecule has 1 amide bonds. The Hall–Kier alpha value is -3.11. The zero-order valence-electron chi connectivity index (χ0n) is 18.1. The Morgan fingerprint density at radius 2 is 2.00 bits per heavy atom. The molecule has 5 rings (SSSR count). The number of rotatable bonds is 8. The summed E-state index contributed by atoms with van der Waals surface area (Å²) in [5, 5.41) is 17.9. The van der Waals surface area contributed by atoms with Gasteiger partial charge in [-0.3, -0.25) is 4.79 Å². The summed E-state index contributed by atoms with van der Waals surface area (Å²) in [6.45, 7) is 2.14. The molecule has 9 nitrogen and oxygen atoms in total. The van der Waals surface area contributed by atoms with Crippen molar-refractivity contribution < 1.29 is 13.6 Å². The van der Waals surface area contributed by atoms with Crippen LogP contribution in [0.2, 0.25) is 5.02 Å². The zero-order valence-corrected chi connectivity index (χ0v) is 19.6. The minimum atomic E-state index is -0.0102. The molecule has 0 saturated heterocycles. The van der Waals surface area contributed by atoms with E-state index < -0.39 is 0 Å². The Labute approximate surface area is 199 Å². The van der Waals surface area contributed by atoms with Gasteiger partial charge < -0.3 is 18.3 Å². The highest BCUT2D eigenvalue weighted by Gasteiger charge is 2.34. The fourth-order valence-electron chi connectivity index (χ4n) is 3.52. The summed E-state index contributed by atoms with van der Waals surface area (Å²) in [5.41, 5.74) is 1.55. The highest BCUT2D eigenvalue weighted by molar-refractivity contribution is 7.99. The number of hydrogen-bond donors (Lipinski definition) is 0. The summed E-state index contributed by atoms with van der Waals surface area (Å²) < 4.78 is 13.0. The van der Waals surface area contributed by atoms with Crippen LogP contribution in [0.1, 0.15) is 24.5 Å². The first kappa shape index (κ1) is 21.7. The summed E-state index contributed by atoms with van der Waals surface area (Å²) in [4.78, 5) is 14.9. The van der Waals surface area contributed by atoms with Gasteiger partial charge in [0.1, 0.15) is 5.76 Å². The number of hydrogen-bond acceptors (Lipinski definition) is 8. The smallest absolute Gasteiger partial charge is 0.249 e. The number of aryl methyl sites for hydroxylation is 1. The summed E-state index contributed by atoms with van der Waals surface area (Å²) >= 11 is 7.58. The predicted molar refractivity (Wildman–Crippen MR) is 122 cm³/mol. The van der Waals surface area contributed by atoms with Crippen molar-refractivity contribution >= 4 is 29.3 Å². The van der Waals surface area contributed by atoms with Gasteiger partial charge in [0.25, 0.3) is 0 Å². The minimum Gasteiger partial charge on any atom is -0.469 e. The average molecular weight is 485 g/mol. The van der Waals surface area contributed by atoms with Gasteiger partial charge in [0.15, 0.2) is 11.0 Å². The predicted octanol–water partition coefficient (Wildman–Crippen LogP) is 4.37. The lowest BCUT2D eigenvalue weighted by Crippen LogP contribution is -2.34. The molecule has 1 saturated carbocycles. The normalized spacial score (nSPS) is 13.4. The van der Waals surface area contributed by atoms with E-state index in [0.29, 0.717) is 33.3 Å². The number of halogens is 1. The summed E-state index contributed by atoms with van der Waals surface area (Å²) in [6.07, 6.45) is 3.56. The Morgan fingerprint density at radius 3 is 2.73 bits per heavy atom. The molecule has 1 aliphatic rings. The van der Waals surface area contributed by atoms with Gasteiger partial charge in [-0.05, 0) is 38.0 Å². The van der Waals surface area contributed by atoms with E-state index in [1.165, 1.54) is 11.8 Å². The molecular formula is C22H21ClN6O3S. The van der Waals surface area contributed by atoms with Crippen molar-refractivity contribution in [2.45, 2.75) is 37.5 Å². The molecule has 1 aromatic carbocycles. The van der Waals surface area contributed by atoms with Crippen LogP contribution in [0.4, 0.5) is 0 Å². The van der Waals surface area contributed by atoms with Crippen LogP contribution in [0, 0.1) is 6.92 Å². The highest BCUT2D eigenvalue weighted by atomic mass is 35.5. The van der Waals surface area contributed by atoms with Gasteiger partial charge in [-0.2, -0.15) is 0 Å². The Morgan fingerprint density at radius 1 is 1.18 bits per heavy atom. The first-order valence-corrected chi connectivity index (χ1v) is 11.8. The van der Waals surface area contributed by atoms with E-state index in [-0.39, 0.29) is 24.2 Å². The van der Waals surface area contributed by atoms with Crippen LogP contribution in [0.5, 0.6) is 0 Å². The van der Waals surface area contributed by atoms with Crippen LogP contribution in [-0.2, 0) is 18.4 Å². The molecule has 0 atom stereocenters. The fourth-order valence-corrected chi connectivity index (χ4v) is 4.53. The van der Waals surface area contributed by atoms with E-state index in [1.807, 2.05) is 42.8 Å². The van der Waals surface area contributed by atoms with Crippen molar-refractivity contribution in [3.8, 4) is 22.8 Å². The number of thioether (sulfide) groups is 1. The van der Waals surface area contributed by atoms with Gasteiger partial charge >= 0.3 is 0 Å². The molecule has 11 heteroatoms. The maximum Gasteiger partial charge on any atom is 0.249 e. The molecule has 0 radical (unpaired) electrons. The summed E-state index contributed by atoms with van der Waals surface area (Å²) in [6, 6.07) is 9.33. The molecular weight excluding hydrogens is 464 g/mol. The van der Waals surface area contributed by atoms with Crippen molar-refractivity contribution in [3.05, 3.63) is 53.3 Å². The van der Waals surface area contributed by atoms with Crippen LogP contribution in [0.15, 0.2) is 50.6 Å². The third-order valence-electron chi connectivity index (χ3n) is 5.44.